The lowest BCUT2D eigenvalue weighted by Gasteiger charge is -2.40. The third-order valence-corrected chi connectivity index (χ3v) is 4.01. The SMILES string of the molecule is CCC1(COCCNC(=O)C(C)(C)CC)COC1. The Morgan fingerprint density at radius 3 is 2.50 bits per heavy atom. The van der Waals surface area contributed by atoms with Crippen molar-refractivity contribution in [2.24, 2.45) is 10.8 Å². The van der Waals surface area contributed by atoms with Gasteiger partial charge in [0.05, 0.1) is 26.4 Å². The zero-order valence-corrected chi connectivity index (χ0v) is 12.2. The van der Waals surface area contributed by atoms with Gasteiger partial charge in [-0.1, -0.05) is 27.7 Å². The average Bonchev–Trinajstić information content (AvgIpc) is 2.31. The Kier molecular flexibility index (Phi) is 5.60. The maximum atomic E-state index is 11.8. The normalized spacial score (nSPS) is 18.2. The Labute approximate surface area is 110 Å². The molecular formula is C14H27NO3. The highest BCUT2D eigenvalue weighted by Gasteiger charge is 2.36. The Hall–Kier alpha value is -0.610. The molecule has 0 aliphatic carbocycles. The quantitative estimate of drug-likeness (QED) is 0.676. The van der Waals surface area contributed by atoms with Crippen LogP contribution < -0.4 is 5.32 Å². The summed E-state index contributed by atoms with van der Waals surface area (Å²) in [6.07, 6.45) is 1.93. The molecule has 0 aromatic rings. The number of nitrogens with one attached hydrogen (secondary N) is 1. The first kappa shape index (κ1) is 15.4. The fraction of sp³-hybridized carbons (Fsp3) is 0.929. The molecule has 0 radical (unpaired) electrons. The Bertz CT molecular complexity index is 267. The number of carbonyl (C=O) groups is 1. The summed E-state index contributed by atoms with van der Waals surface area (Å²) in [5.41, 5.74) is -0.0564. The highest BCUT2D eigenvalue weighted by Crippen LogP contribution is 2.31. The number of amides is 1. The van der Waals surface area contributed by atoms with Crippen molar-refractivity contribution in [2.45, 2.75) is 40.5 Å². The van der Waals surface area contributed by atoms with Gasteiger partial charge in [-0.3, -0.25) is 4.79 Å². The molecule has 1 rings (SSSR count). The van der Waals surface area contributed by atoms with Crippen LogP contribution in [0.1, 0.15) is 40.5 Å². The van der Waals surface area contributed by atoms with Crippen LogP contribution in [-0.4, -0.2) is 38.9 Å². The van der Waals surface area contributed by atoms with Gasteiger partial charge in [0.15, 0.2) is 0 Å². The predicted octanol–water partition coefficient (Wildman–Crippen LogP) is 1.98. The minimum Gasteiger partial charge on any atom is -0.380 e. The van der Waals surface area contributed by atoms with Crippen molar-refractivity contribution in [3.63, 3.8) is 0 Å². The van der Waals surface area contributed by atoms with E-state index in [1.165, 1.54) is 0 Å². The van der Waals surface area contributed by atoms with E-state index >= 15 is 0 Å². The second-order valence-electron chi connectivity index (χ2n) is 5.89. The van der Waals surface area contributed by atoms with E-state index in [9.17, 15) is 4.79 Å². The summed E-state index contributed by atoms with van der Waals surface area (Å²) in [6.45, 7) is 11.6. The molecule has 0 aromatic heterocycles. The van der Waals surface area contributed by atoms with Gasteiger partial charge in [0, 0.05) is 17.4 Å². The van der Waals surface area contributed by atoms with Crippen LogP contribution in [0.15, 0.2) is 0 Å². The summed E-state index contributed by atoms with van der Waals surface area (Å²) in [4.78, 5) is 11.8. The third-order valence-electron chi connectivity index (χ3n) is 4.01. The Morgan fingerprint density at radius 2 is 2.06 bits per heavy atom. The van der Waals surface area contributed by atoms with E-state index in [2.05, 4.69) is 12.2 Å². The molecule has 18 heavy (non-hydrogen) atoms. The molecule has 0 unspecified atom stereocenters. The molecule has 4 nitrogen and oxygen atoms in total. The molecule has 1 N–H and O–H groups in total. The van der Waals surface area contributed by atoms with E-state index in [1.54, 1.807) is 0 Å². The van der Waals surface area contributed by atoms with Crippen LogP contribution in [0.2, 0.25) is 0 Å². The van der Waals surface area contributed by atoms with E-state index in [0.717, 1.165) is 32.7 Å². The maximum Gasteiger partial charge on any atom is 0.225 e. The Morgan fingerprint density at radius 1 is 1.39 bits per heavy atom. The number of hydrogen-bond donors (Lipinski definition) is 1. The molecule has 1 aliphatic rings. The first-order chi connectivity index (χ1) is 8.46. The van der Waals surface area contributed by atoms with Crippen LogP contribution >= 0.6 is 0 Å². The van der Waals surface area contributed by atoms with Gasteiger partial charge in [-0.2, -0.15) is 0 Å². The summed E-state index contributed by atoms with van der Waals surface area (Å²) in [6, 6.07) is 0. The molecule has 1 fully saturated rings. The van der Waals surface area contributed by atoms with Gasteiger partial charge < -0.3 is 14.8 Å². The standard InChI is InChI=1S/C14H27NO3/c1-5-13(3,4)12(16)15-7-8-17-9-14(6-2)10-18-11-14/h5-11H2,1-4H3,(H,15,16). The van der Waals surface area contributed by atoms with Crippen LogP contribution in [-0.2, 0) is 14.3 Å². The van der Waals surface area contributed by atoms with Crippen molar-refractivity contribution in [3.05, 3.63) is 0 Å². The monoisotopic (exact) mass is 257 g/mol. The zero-order chi connectivity index (χ0) is 13.6. The first-order valence-corrected chi connectivity index (χ1v) is 6.89. The summed E-state index contributed by atoms with van der Waals surface area (Å²) < 4.78 is 10.9. The molecule has 1 aliphatic heterocycles. The van der Waals surface area contributed by atoms with E-state index < -0.39 is 0 Å². The van der Waals surface area contributed by atoms with Gasteiger partial charge in [0.1, 0.15) is 0 Å². The molecule has 0 spiro atoms. The second-order valence-corrected chi connectivity index (χ2v) is 5.89. The molecule has 1 amide bonds. The minimum atomic E-state index is -0.285. The van der Waals surface area contributed by atoms with Crippen molar-refractivity contribution in [3.8, 4) is 0 Å². The van der Waals surface area contributed by atoms with Crippen molar-refractivity contribution in [1.29, 1.82) is 0 Å². The van der Waals surface area contributed by atoms with E-state index in [-0.39, 0.29) is 16.7 Å². The van der Waals surface area contributed by atoms with Gasteiger partial charge in [-0.25, -0.2) is 0 Å². The summed E-state index contributed by atoms with van der Waals surface area (Å²) in [7, 11) is 0. The molecule has 0 saturated carbocycles. The Balaban J connectivity index is 2.10. The lowest BCUT2D eigenvalue weighted by Crippen LogP contribution is -2.46. The molecule has 0 atom stereocenters. The van der Waals surface area contributed by atoms with Crippen molar-refractivity contribution < 1.29 is 14.3 Å². The number of ether oxygens (including phenoxy) is 2. The first-order valence-electron chi connectivity index (χ1n) is 6.89. The highest BCUT2D eigenvalue weighted by atomic mass is 16.5. The molecule has 0 aromatic carbocycles. The van der Waals surface area contributed by atoms with Gasteiger partial charge in [0.25, 0.3) is 0 Å². The fourth-order valence-corrected chi connectivity index (χ4v) is 1.71. The molecule has 106 valence electrons. The van der Waals surface area contributed by atoms with Gasteiger partial charge in [-0.05, 0) is 12.8 Å². The second kappa shape index (κ2) is 6.53. The van der Waals surface area contributed by atoms with Crippen LogP contribution in [0, 0.1) is 10.8 Å². The van der Waals surface area contributed by atoms with Crippen LogP contribution in [0.3, 0.4) is 0 Å². The number of carbonyl (C=O) groups excluding carboxylic acids is 1. The lowest BCUT2D eigenvalue weighted by molar-refractivity contribution is -0.150. The molecule has 0 bridgehead atoms. The van der Waals surface area contributed by atoms with E-state index in [1.807, 2.05) is 20.8 Å². The summed E-state index contributed by atoms with van der Waals surface area (Å²) in [5.74, 6) is 0.103. The zero-order valence-electron chi connectivity index (χ0n) is 12.2. The summed E-state index contributed by atoms with van der Waals surface area (Å²) in [5, 5.41) is 2.92. The van der Waals surface area contributed by atoms with Crippen molar-refractivity contribution >= 4 is 5.91 Å². The predicted molar refractivity (Wildman–Crippen MR) is 71.4 cm³/mol. The number of rotatable bonds is 8. The van der Waals surface area contributed by atoms with Gasteiger partial charge in [-0.15, -0.1) is 0 Å². The minimum absolute atomic E-state index is 0.103. The topological polar surface area (TPSA) is 47.6 Å². The average molecular weight is 257 g/mol. The van der Waals surface area contributed by atoms with Crippen molar-refractivity contribution in [2.75, 3.05) is 33.0 Å². The van der Waals surface area contributed by atoms with Crippen LogP contribution in [0.4, 0.5) is 0 Å². The molecule has 1 heterocycles. The largest absolute Gasteiger partial charge is 0.380 e. The lowest BCUT2D eigenvalue weighted by atomic mass is 9.84. The third kappa shape index (κ3) is 3.95. The van der Waals surface area contributed by atoms with Gasteiger partial charge >= 0.3 is 0 Å². The van der Waals surface area contributed by atoms with E-state index in [0.29, 0.717) is 13.2 Å². The smallest absolute Gasteiger partial charge is 0.225 e. The number of hydrogen-bond acceptors (Lipinski definition) is 3. The van der Waals surface area contributed by atoms with Crippen LogP contribution in [0.25, 0.3) is 0 Å². The maximum absolute atomic E-state index is 11.8. The van der Waals surface area contributed by atoms with Gasteiger partial charge in [0.2, 0.25) is 5.91 Å². The summed E-state index contributed by atoms with van der Waals surface area (Å²) >= 11 is 0. The van der Waals surface area contributed by atoms with E-state index in [4.69, 9.17) is 9.47 Å². The van der Waals surface area contributed by atoms with Crippen molar-refractivity contribution in [1.82, 2.24) is 5.32 Å². The molecule has 1 saturated heterocycles. The molecule has 4 heteroatoms. The van der Waals surface area contributed by atoms with Crippen LogP contribution in [0.5, 0.6) is 0 Å². The molecular weight excluding hydrogens is 230 g/mol. The highest BCUT2D eigenvalue weighted by molar-refractivity contribution is 5.81. The fourth-order valence-electron chi connectivity index (χ4n) is 1.71.